The van der Waals surface area contributed by atoms with Gasteiger partial charge >= 0.3 is 0 Å². The monoisotopic (exact) mass is 362 g/mol. The summed E-state index contributed by atoms with van der Waals surface area (Å²) in [6.45, 7) is 0.180. The van der Waals surface area contributed by atoms with Crippen LogP contribution in [0.1, 0.15) is 11.1 Å². The quantitative estimate of drug-likeness (QED) is 0.727. The molecule has 1 aromatic carbocycles. The smallest absolute Gasteiger partial charge is 0.216 e. The Morgan fingerprint density at radius 3 is 2.71 bits per heavy atom. The first-order valence-electron chi connectivity index (χ1n) is 7.22. The number of furan rings is 1. The van der Waals surface area contributed by atoms with Gasteiger partial charge in [0.25, 0.3) is 0 Å². The van der Waals surface area contributed by atoms with Gasteiger partial charge in [0.15, 0.2) is 5.76 Å². The molecule has 0 aliphatic carbocycles. The molecule has 0 spiro atoms. The minimum absolute atomic E-state index is 0.121. The Labute approximate surface area is 145 Å². The zero-order valence-electron chi connectivity index (χ0n) is 12.6. The van der Waals surface area contributed by atoms with Gasteiger partial charge in [0.05, 0.1) is 12.0 Å². The molecule has 0 radical (unpaired) electrons. The molecule has 1 N–H and O–H groups in total. The number of pyridine rings is 1. The predicted octanol–water partition coefficient (Wildman–Crippen LogP) is 3.61. The van der Waals surface area contributed by atoms with E-state index in [-0.39, 0.29) is 12.3 Å². The molecule has 0 saturated heterocycles. The average molecular weight is 363 g/mol. The number of nitrogens with zero attached hydrogens (tertiary/aromatic N) is 1. The average Bonchev–Trinajstić information content (AvgIpc) is 3.07. The van der Waals surface area contributed by atoms with E-state index in [0.717, 1.165) is 5.56 Å². The third-order valence-corrected chi connectivity index (χ3v) is 4.87. The van der Waals surface area contributed by atoms with Gasteiger partial charge in [-0.3, -0.25) is 4.98 Å². The number of nitrogens with one attached hydrogen (secondary N) is 1. The molecule has 2 aromatic heterocycles. The Kier molecular flexibility index (Phi) is 4.99. The van der Waals surface area contributed by atoms with E-state index in [1.54, 1.807) is 61.0 Å². The number of halogens is 1. The normalized spacial score (nSPS) is 11.5. The molecular weight excluding hydrogens is 348 g/mol. The Hall–Kier alpha value is -2.15. The summed E-state index contributed by atoms with van der Waals surface area (Å²) < 4.78 is 32.3. The first-order valence-corrected chi connectivity index (χ1v) is 9.25. The SMILES string of the molecule is O=S(=O)(Cc1cccc(Cl)c1)NCc1ccnc(-c2ccco2)c1. The summed E-state index contributed by atoms with van der Waals surface area (Å²) >= 11 is 5.88. The zero-order chi connectivity index (χ0) is 17.0. The van der Waals surface area contributed by atoms with E-state index < -0.39 is 10.0 Å². The van der Waals surface area contributed by atoms with Crippen molar-refractivity contribution in [1.82, 2.24) is 9.71 Å². The maximum atomic E-state index is 12.2. The van der Waals surface area contributed by atoms with Crippen molar-refractivity contribution in [2.24, 2.45) is 0 Å². The molecule has 0 amide bonds. The van der Waals surface area contributed by atoms with Crippen LogP contribution in [0.25, 0.3) is 11.5 Å². The Bertz CT molecular complexity index is 925. The molecule has 0 aliphatic rings. The lowest BCUT2D eigenvalue weighted by Gasteiger charge is -2.08. The van der Waals surface area contributed by atoms with Crippen LogP contribution in [0.5, 0.6) is 0 Å². The molecule has 7 heteroatoms. The van der Waals surface area contributed by atoms with Crippen molar-refractivity contribution in [3.8, 4) is 11.5 Å². The van der Waals surface area contributed by atoms with Crippen LogP contribution in [0.4, 0.5) is 0 Å². The van der Waals surface area contributed by atoms with E-state index >= 15 is 0 Å². The molecule has 0 aliphatic heterocycles. The maximum absolute atomic E-state index is 12.2. The summed E-state index contributed by atoms with van der Waals surface area (Å²) in [5.74, 6) is 0.516. The van der Waals surface area contributed by atoms with Gasteiger partial charge in [-0.25, -0.2) is 13.1 Å². The number of hydrogen-bond acceptors (Lipinski definition) is 4. The van der Waals surface area contributed by atoms with E-state index in [1.165, 1.54) is 0 Å². The number of benzene rings is 1. The Morgan fingerprint density at radius 1 is 1.08 bits per heavy atom. The summed E-state index contributed by atoms with van der Waals surface area (Å²) in [6.07, 6.45) is 3.19. The minimum Gasteiger partial charge on any atom is -0.463 e. The molecule has 3 aromatic rings. The fraction of sp³-hybridized carbons (Fsp3) is 0.118. The Balaban J connectivity index is 1.67. The van der Waals surface area contributed by atoms with Gasteiger partial charge in [0, 0.05) is 17.8 Å². The molecule has 0 unspecified atom stereocenters. The van der Waals surface area contributed by atoms with E-state index in [9.17, 15) is 8.42 Å². The van der Waals surface area contributed by atoms with Crippen molar-refractivity contribution in [1.29, 1.82) is 0 Å². The van der Waals surface area contributed by atoms with Crippen LogP contribution in [-0.4, -0.2) is 13.4 Å². The summed E-state index contributed by atoms with van der Waals surface area (Å²) in [6, 6.07) is 13.9. The highest BCUT2D eigenvalue weighted by molar-refractivity contribution is 7.88. The summed E-state index contributed by atoms with van der Waals surface area (Å²) in [4.78, 5) is 4.22. The Morgan fingerprint density at radius 2 is 1.96 bits per heavy atom. The van der Waals surface area contributed by atoms with Gasteiger partial charge in [-0.2, -0.15) is 0 Å². The van der Waals surface area contributed by atoms with E-state index in [1.807, 2.05) is 0 Å². The molecular formula is C17H15ClN2O3S. The molecule has 0 atom stereocenters. The third kappa shape index (κ3) is 4.44. The summed E-state index contributed by atoms with van der Waals surface area (Å²) in [5.41, 5.74) is 2.10. The van der Waals surface area contributed by atoms with Crippen molar-refractivity contribution in [2.75, 3.05) is 0 Å². The largest absolute Gasteiger partial charge is 0.463 e. The molecule has 124 valence electrons. The van der Waals surface area contributed by atoms with Crippen molar-refractivity contribution in [3.63, 3.8) is 0 Å². The first kappa shape index (κ1) is 16.7. The van der Waals surface area contributed by atoms with Crippen molar-refractivity contribution in [2.45, 2.75) is 12.3 Å². The second-order valence-corrected chi connectivity index (χ2v) is 7.48. The van der Waals surface area contributed by atoms with Crippen molar-refractivity contribution in [3.05, 3.63) is 77.1 Å². The van der Waals surface area contributed by atoms with Crippen LogP contribution in [-0.2, 0) is 22.3 Å². The third-order valence-electron chi connectivity index (χ3n) is 3.34. The fourth-order valence-corrected chi connectivity index (χ4v) is 3.55. The van der Waals surface area contributed by atoms with Crippen LogP contribution in [0.3, 0.4) is 0 Å². The summed E-state index contributed by atoms with van der Waals surface area (Å²) in [7, 11) is -3.47. The first-order chi connectivity index (χ1) is 11.5. The van der Waals surface area contributed by atoms with Crippen molar-refractivity contribution >= 4 is 21.6 Å². The van der Waals surface area contributed by atoms with Gasteiger partial charge in [-0.05, 0) is 47.5 Å². The highest BCUT2D eigenvalue weighted by Gasteiger charge is 2.12. The van der Waals surface area contributed by atoms with E-state index in [2.05, 4.69) is 9.71 Å². The predicted molar refractivity (Wildman–Crippen MR) is 92.9 cm³/mol. The fourth-order valence-electron chi connectivity index (χ4n) is 2.23. The van der Waals surface area contributed by atoms with Gasteiger partial charge < -0.3 is 4.42 Å². The van der Waals surface area contributed by atoms with Crippen LogP contribution in [0.2, 0.25) is 5.02 Å². The molecule has 3 rings (SSSR count). The van der Waals surface area contributed by atoms with Gasteiger partial charge in [0.1, 0.15) is 5.69 Å². The molecule has 0 fully saturated rings. The molecule has 0 bridgehead atoms. The molecule has 5 nitrogen and oxygen atoms in total. The molecule has 2 heterocycles. The van der Waals surface area contributed by atoms with Crippen LogP contribution in [0, 0.1) is 0 Å². The number of sulfonamides is 1. The lowest BCUT2D eigenvalue weighted by atomic mass is 10.2. The zero-order valence-corrected chi connectivity index (χ0v) is 14.2. The number of rotatable bonds is 6. The van der Waals surface area contributed by atoms with Crippen molar-refractivity contribution < 1.29 is 12.8 Å². The summed E-state index contributed by atoms with van der Waals surface area (Å²) in [5, 5.41) is 0.514. The second kappa shape index (κ2) is 7.17. The standard InChI is InChI=1S/C17H15ClN2O3S/c18-15-4-1-3-14(9-15)12-24(21,22)20-11-13-6-7-19-16(10-13)17-5-2-8-23-17/h1-10,20H,11-12H2. The van der Waals surface area contributed by atoms with E-state index in [4.69, 9.17) is 16.0 Å². The second-order valence-electron chi connectivity index (χ2n) is 5.24. The topological polar surface area (TPSA) is 72.2 Å². The van der Waals surface area contributed by atoms with Gasteiger partial charge in [-0.1, -0.05) is 23.7 Å². The highest BCUT2D eigenvalue weighted by atomic mass is 35.5. The van der Waals surface area contributed by atoms with Crippen LogP contribution < -0.4 is 4.72 Å². The van der Waals surface area contributed by atoms with E-state index in [0.29, 0.717) is 22.0 Å². The number of hydrogen-bond donors (Lipinski definition) is 1. The highest BCUT2D eigenvalue weighted by Crippen LogP contribution is 2.18. The van der Waals surface area contributed by atoms with Crippen LogP contribution >= 0.6 is 11.6 Å². The lowest BCUT2D eigenvalue weighted by Crippen LogP contribution is -2.24. The molecule has 0 saturated carbocycles. The maximum Gasteiger partial charge on any atom is 0.216 e. The lowest BCUT2D eigenvalue weighted by molar-refractivity contribution is 0.579. The van der Waals surface area contributed by atoms with Crippen LogP contribution in [0.15, 0.2) is 65.4 Å². The van der Waals surface area contributed by atoms with Gasteiger partial charge in [-0.15, -0.1) is 0 Å². The van der Waals surface area contributed by atoms with Gasteiger partial charge in [0.2, 0.25) is 10.0 Å². The molecule has 24 heavy (non-hydrogen) atoms. The minimum atomic E-state index is -3.47. The number of aromatic nitrogens is 1.